The lowest BCUT2D eigenvalue weighted by molar-refractivity contribution is 0.115. The summed E-state index contributed by atoms with van der Waals surface area (Å²) in [5.41, 5.74) is 2.30. The Morgan fingerprint density at radius 2 is 2.50 bits per heavy atom. The van der Waals surface area contributed by atoms with Crippen LogP contribution >= 0.6 is 0 Å². The van der Waals surface area contributed by atoms with E-state index in [4.69, 9.17) is 5.90 Å². The molecule has 1 saturated carbocycles. The quantitative estimate of drug-likeness (QED) is 0.649. The van der Waals surface area contributed by atoms with Crippen LogP contribution in [0.1, 0.15) is 24.2 Å². The number of hydrogen-bond donors (Lipinski definition) is 2. The van der Waals surface area contributed by atoms with Gasteiger partial charge in [-0.2, -0.15) is 5.10 Å². The summed E-state index contributed by atoms with van der Waals surface area (Å²) in [6, 6.07) is 2.06. The largest absolute Gasteiger partial charge is 0.304 e. The highest BCUT2D eigenvalue weighted by Crippen LogP contribution is 2.47. The summed E-state index contributed by atoms with van der Waals surface area (Å²) in [5.74, 6) is 5.06. The molecule has 0 aromatic carbocycles. The molecule has 1 fully saturated rings. The molecule has 0 unspecified atom stereocenters. The smallest absolute Gasteiger partial charge is 0.0791 e. The predicted molar refractivity (Wildman–Crippen MR) is 44.4 cm³/mol. The highest BCUT2D eigenvalue weighted by atomic mass is 16.6. The van der Waals surface area contributed by atoms with Crippen LogP contribution < -0.4 is 5.90 Å². The molecule has 66 valence electrons. The fraction of sp³-hybridized carbons (Fsp3) is 0.625. The number of H-pyrrole nitrogens is 1. The van der Waals surface area contributed by atoms with Crippen LogP contribution in [0.2, 0.25) is 0 Å². The van der Waals surface area contributed by atoms with Gasteiger partial charge in [-0.05, 0) is 25.8 Å². The van der Waals surface area contributed by atoms with E-state index in [1.165, 1.54) is 0 Å². The van der Waals surface area contributed by atoms with Gasteiger partial charge in [0.15, 0.2) is 0 Å². The van der Waals surface area contributed by atoms with Crippen molar-refractivity contribution in [3.63, 3.8) is 0 Å². The van der Waals surface area contributed by atoms with Crippen molar-refractivity contribution >= 4 is 0 Å². The fourth-order valence-electron chi connectivity index (χ4n) is 1.47. The second-order valence-electron chi connectivity index (χ2n) is 3.53. The highest BCUT2D eigenvalue weighted by Gasteiger charge is 2.46. The van der Waals surface area contributed by atoms with Gasteiger partial charge in [-0.25, -0.2) is 5.90 Å². The van der Waals surface area contributed by atoms with E-state index in [0.717, 1.165) is 24.2 Å². The number of rotatable bonds is 3. The lowest BCUT2D eigenvalue weighted by Crippen LogP contribution is -2.18. The van der Waals surface area contributed by atoms with Crippen LogP contribution in [0.5, 0.6) is 0 Å². The van der Waals surface area contributed by atoms with E-state index in [-0.39, 0.29) is 5.41 Å². The first-order valence-corrected chi connectivity index (χ1v) is 4.11. The summed E-state index contributed by atoms with van der Waals surface area (Å²) >= 11 is 0. The van der Waals surface area contributed by atoms with Gasteiger partial charge in [-0.15, -0.1) is 0 Å². The second kappa shape index (κ2) is 2.57. The number of aromatic nitrogens is 2. The number of aromatic amines is 1. The number of hydrogen-bond acceptors (Lipinski definition) is 3. The van der Waals surface area contributed by atoms with E-state index in [0.29, 0.717) is 6.61 Å². The molecule has 0 saturated heterocycles. The molecule has 0 aliphatic heterocycles. The van der Waals surface area contributed by atoms with Gasteiger partial charge in [-0.3, -0.25) is 5.10 Å². The van der Waals surface area contributed by atoms with Gasteiger partial charge < -0.3 is 4.84 Å². The molecule has 1 heterocycles. The first-order valence-electron chi connectivity index (χ1n) is 4.11. The Morgan fingerprint density at radius 3 is 2.92 bits per heavy atom. The van der Waals surface area contributed by atoms with E-state index in [9.17, 15) is 0 Å². The molecule has 4 nitrogen and oxygen atoms in total. The number of aryl methyl sites for hydroxylation is 1. The van der Waals surface area contributed by atoms with Crippen molar-refractivity contribution in [3.05, 3.63) is 17.5 Å². The zero-order valence-corrected chi connectivity index (χ0v) is 7.13. The van der Waals surface area contributed by atoms with Crippen LogP contribution in [0.4, 0.5) is 0 Å². The average molecular weight is 167 g/mol. The van der Waals surface area contributed by atoms with Crippen molar-refractivity contribution in [1.82, 2.24) is 10.2 Å². The highest BCUT2D eigenvalue weighted by molar-refractivity contribution is 5.25. The first-order chi connectivity index (χ1) is 5.77. The third kappa shape index (κ3) is 1.13. The molecule has 0 amide bonds. The summed E-state index contributed by atoms with van der Waals surface area (Å²) in [5, 5.41) is 7.13. The minimum Gasteiger partial charge on any atom is -0.304 e. The second-order valence-corrected chi connectivity index (χ2v) is 3.53. The summed E-state index contributed by atoms with van der Waals surface area (Å²) in [7, 11) is 0. The zero-order valence-electron chi connectivity index (χ0n) is 7.13. The summed E-state index contributed by atoms with van der Waals surface area (Å²) < 4.78 is 0. The molecule has 0 radical (unpaired) electrons. The van der Waals surface area contributed by atoms with E-state index in [2.05, 4.69) is 21.1 Å². The van der Waals surface area contributed by atoms with Crippen LogP contribution in [0, 0.1) is 6.92 Å². The Labute approximate surface area is 71.1 Å². The molecule has 0 bridgehead atoms. The van der Waals surface area contributed by atoms with Gasteiger partial charge in [0, 0.05) is 11.1 Å². The summed E-state index contributed by atoms with van der Waals surface area (Å²) in [4.78, 5) is 4.68. The van der Waals surface area contributed by atoms with E-state index in [1.807, 2.05) is 6.92 Å². The molecule has 1 aliphatic rings. The Balaban J connectivity index is 2.18. The molecule has 1 aromatic rings. The molecule has 1 aliphatic carbocycles. The molecule has 3 N–H and O–H groups in total. The Kier molecular flexibility index (Phi) is 1.66. The van der Waals surface area contributed by atoms with Crippen LogP contribution in [-0.4, -0.2) is 16.8 Å². The Morgan fingerprint density at radius 1 is 1.75 bits per heavy atom. The van der Waals surface area contributed by atoms with Crippen LogP contribution in [0.25, 0.3) is 0 Å². The Hall–Kier alpha value is -0.870. The fourth-order valence-corrected chi connectivity index (χ4v) is 1.47. The molecule has 0 atom stereocenters. The minimum absolute atomic E-state index is 0.125. The lowest BCUT2D eigenvalue weighted by atomic mass is 10.0. The number of nitrogens with two attached hydrogens (primary N) is 1. The van der Waals surface area contributed by atoms with Crippen LogP contribution in [0.3, 0.4) is 0 Å². The molecule has 12 heavy (non-hydrogen) atoms. The third-order valence-electron chi connectivity index (χ3n) is 2.46. The molecule has 1 aromatic heterocycles. The topological polar surface area (TPSA) is 63.9 Å². The molecule has 0 spiro atoms. The summed E-state index contributed by atoms with van der Waals surface area (Å²) in [6.07, 6.45) is 2.27. The van der Waals surface area contributed by atoms with E-state index in [1.54, 1.807) is 0 Å². The lowest BCUT2D eigenvalue weighted by Gasteiger charge is -2.08. The van der Waals surface area contributed by atoms with Gasteiger partial charge in [0.05, 0.1) is 12.3 Å². The predicted octanol–water partition coefficient (Wildman–Crippen LogP) is 0.640. The maximum Gasteiger partial charge on any atom is 0.0791 e. The SMILES string of the molecule is Cc1cc(C2(CON)CC2)n[nH]1. The Bertz CT molecular complexity index is 278. The van der Waals surface area contributed by atoms with Crippen molar-refractivity contribution in [3.8, 4) is 0 Å². The zero-order chi connectivity index (χ0) is 8.60. The molecule has 2 rings (SSSR count). The monoisotopic (exact) mass is 167 g/mol. The first kappa shape index (κ1) is 7.76. The normalized spacial score (nSPS) is 19.5. The van der Waals surface area contributed by atoms with Crippen LogP contribution in [0.15, 0.2) is 6.07 Å². The minimum atomic E-state index is 0.125. The van der Waals surface area contributed by atoms with Gasteiger partial charge in [0.1, 0.15) is 0 Å². The standard InChI is InChI=1S/C8H13N3O/c1-6-4-7(11-10-6)8(2-3-8)5-12-9/h4H,2-3,5,9H2,1H3,(H,10,11). The molecule has 4 heteroatoms. The van der Waals surface area contributed by atoms with Crippen molar-refractivity contribution in [2.75, 3.05) is 6.61 Å². The van der Waals surface area contributed by atoms with Gasteiger partial charge in [0.25, 0.3) is 0 Å². The third-order valence-corrected chi connectivity index (χ3v) is 2.46. The number of nitrogens with zero attached hydrogens (tertiary/aromatic N) is 1. The van der Waals surface area contributed by atoms with E-state index < -0.39 is 0 Å². The van der Waals surface area contributed by atoms with Crippen molar-refractivity contribution in [1.29, 1.82) is 0 Å². The van der Waals surface area contributed by atoms with Crippen molar-refractivity contribution in [2.24, 2.45) is 5.90 Å². The maximum atomic E-state index is 5.06. The molecular weight excluding hydrogens is 154 g/mol. The maximum absolute atomic E-state index is 5.06. The van der Waals surface area contributed by atoms with Gasteiger partial charge in [0.2, 0.25) is 0 Å². The average Bonchev–Trinajstić information content (AvgIpc) is 2.69. The van der Waals surface area contributed by atoms with Gasteiger partial charge >= 0.3 is 0 Å². The van der Waals surface area contributed by atoms with Gasteiger partial charge in [-0.1, -0.05) is 0 Å². The van der Waals surface area contributed by atoms with Crippen LogP contribution in [-0.2, 0) is 10.3 Å². The van der Waals surface area contributed by atoms with Crippen molar-refractivity contribution in [2.45, 2.75) is 25.2 Å². The molecular formula is C8H13N3O. The number of nitrogens with one attached hydrogen (secondary N) is 1. The van der Waals surface area contributed by atoms with E-state index >= 15 is 0 Å². The van der Waals surface area contributed by atoms with Crippen molar-refractivity contribution < 1.29 is 4.84 Å². The summed E-state index contributed by atoms with van der Waals surface area (Å²) in [6.45, 7) is 2.58.